The van der Waals surface area contributed by atoms with Gasteiger partial charge in [0.15, 0.2) is 0 Å². The topological polar surface area (TPSA) is 0 Å². The van der Waals surface area contributed by atoms with Crippen molar-refractivity contribution in [3.05, 3.63) is 41.3 Å². The molecule has 0 saturated heterocycles. The van der Waals surface area contributed by atoms with Gasteiger partial charge in [0.05, 0.1) is 0 Å². The van der Waals surface area contributed by atoms with E-state index in [4.69, 9.17) is 0 Å². The minimum atomic E-state index is 0. The van der Waals surface area contributed by atoms with Crippen molar-refractivity contribution in [2.75, 3.05) is 0 Å². The Bertz CT molecular complexity index is 269. The fraction of sp³-hybridized carbons (Fsp3) is 0.462. The monoisotopic (exact) mass is 448 g/mol. The summed E-state index contributed by atoms with van der Waals surface area (Å²) in [6, 6.07) is 8.74. The maximum Gasteiger partial charge on any atom is 0 e. The molecule has 0 aliphatic carbocycles. The first-order valence-corrected chi connectivity index (χ1v) is 4.98. The fourth-order valence-electron chi connectivity index (χ4n) is 1.64. The zero-order chi connectivity index (χ0) is 9.84. The second-order valence-corrected chi connectivity index (χ2v) is 4.24. The fourth-order valence-corrected chi connectivity index (χ4v) is 1.64. The Hall–Kier alpha value is 1.01. The van der Waals surface area contributed by atoms with E-state index in [2.05, 4.69) is 52.0 Å². The van der Waals surface area contributed by atoms with Gasteiger partial charge in [0.1, 0.15) is 0 Å². The summed E-state index contributed by atoms with van der Waals surface area (Å²) in [5.41, 5.74) is 2.97. The third kappa shape index (κ3) is 6.35. The molecule has 1 aromatic rings. The summed E-state index contributed by atoms with van der Waals surface area (Å²) in [5.74, 6) is 2.11. The van der Waals surface area contributed by atoms with Crippen molar-refractivity contribution in [1.82, 2.24) is 0 Å². The molecule has 0 spiro atoms. The molecule has 1 radical (unpaired) electrons. The molecule has 15 heavy (non-hydrogen) atoms. The first-order valence-electron chi connectivity index (χ1n) is 4.98. The largest absolute Gasteiger partial charge is 0.315 e. The van der Waals surface area contributed by atoms with E-state index < -0.39 is 0 Å². The van der Waals surface area contributed by atoms with Gasteiger partial charge in [-0.05, 0) is 11.5 Å². The van der Waals surface area contributed by atoms with Gasteiger partial charge >= 0.3 is 0 Å². The maximum absolute atomic E-state index is 2.25. The number of rotatable bonds is 3. The molecule has 0 amide bonds. The maximum atomic E-state index is 2.25. The van der Waals surface area contributed by atoms with Crippen molar-refractivity contribution in [2.24, 2.45) is 0 Å². The van der Waals surface area contributed by atoms with E-state index in [0.29, 0.717) is 5.92 Å². The molecule has 1 aromatic carbocycles. The molecule has 0 saturated carbocycles. The summed E-state index contributed by atoms with van der Waals surface area (Å²) in [6.07, 6.45) is 1.12. The minimum Gasteiger partial charge on any atom is -0.315 e. The van der Waals surface area contributed by atoms with Crippen LogP contribution in [0.15, 0.2) is 24.3 Å². The van der Waals surface area contributed by atoms with Crippen molar-refractivity contribution >= 4 is 0 Å². The van der Waals surface area contributed by atoms with Gasteiger partial charge in [-0.3, -0.25) is 0 Å². The van der Waals surface area contributed by atoms with Crippen LogP contribution in [0.25, 0.3) is 0 Å². The predicted octanol–water partition coefficient (Wildman–Crippen LogP) is 3.96. The summed E-state index contributed by atoms with van der Waals surface area (Å²) < 4.78 is 0. The first-order chi connectivity index (χ1) is 6.11. The third-order valence-electron chi connectivity index (χ3n) is 2.22. The molecule has 0 aliphatic rings. The minimum absolute atomic E-state index is 0. The summed E-state index contributed by atoms with van der Waals surface area (Å²) >= 11 is 0. The number of hydrogen-bond donors (Lipinski definition) is 0. The van der Waals surface area contributed by atoms with Crippen LogP contribution in [0.1, 0.15) is 44.7 Å². The summed E-state index contributed by atoms with van der Waals surface area (Å²) in [5, 5.41) is 0. The zero-order valence-corrected chi connectivity index (χ0v) is 15.9. The smallest absolute Gasteiger partial charge is 0 e. The van der Waals surface area contributed by atoms with Crippen molar-refractivity contribution in [3.8, 4) is 0 Å². The Morgan fingerprint density at radius 2 is 1.67 bits per heavy atom. The van der Waals surface area contributed by atoms with Gasteiger partial charge in [-0.2, -0.15) is 20.3 Å². The second kappa shape index (κ2) is 9.08. The van der Waals surface area contributed by atoms with E-state index in [1.807, 2.05) is 0 Å². The molecule has 0 atom stereocenters. The molecule has 2 heteroatoms. The third-order valence-corrected chi connectivity index (χ3v) is 2.22. The van der Waals surface area contributed by atoms with Crippen molar-refractivity contribution in [1.29, 1.82) is 0 Å². The standard InChI is InChI=1S/C13H19.W.Y/c1-10(2)9-12-7-5-6-8-13(12)11(3)4;;/h5-8,11H,9H2,1-4H3;;/q-1;;. The average Bonchev–Trinajstić information content (AvgIpc) is 2.03. The number of hydrogen-bond acceptors (Lipinski definition) is 0. The van der Waals surface area contributed by atoms with E-state index >= 15 is 0 Å². The van der Waals surface area contributed by atoms with Gasteiger partial charge in [-0.25, -0.2) is 0 Å². The molecule has 0 fully saturated rings. The Morgan fingerprint density at radius 3 is 2.13 bits per heavy atom. The van der Waals surface area contributed by atoms with Gasteiger partial charge in [0, 0.05) is 53.8 Å². The molecule has 0 aliphatic heterocycles. The van der Waals surface area contributed by atoms with E-state index in [1.165, 1.54) is 17.0 Å². The molecule has 0 aromatic heterocycles. The van der Waals surface area contributed by atoms with Gasteiger partial charge in [-0.1, -0.05) is 43.7 Å². The van der Waals surface area contributed by atoms with Crippen molar-refractivity contribution < 1.29 is 53.8 Å². The van der Waals surface area contributed by atoms with E-state index in [0.717, 1.165) is 6.42 Å². The van der Waals surface area contributed by atoms with Crippen LogP contribution in [0.4, 0.5) is 0 Å². The molecule has 0 bridgehead atoms. The van der Waals surface area contributed by atoms with Gasteiger partial charge in [0.25, 0.3) is 0 Å². The van der Waals surface area contributed by atoms with Crippen LogP contribution in [-0.4, -0.2) is 0 Å². The van der Waals surface area contributed by atoms with Gasteiger partial charge in [0.2, 0.25) is 0 Å². The molecule has 0 N–H and O–H groups in total. The zero-order valence-electron chi connectivity index (χ0n) is 10.1. The summed E-state index contributed by atoms with van der Waals surface area (Å²) in [4.78, 5) is 0. The molecular formula is C13H19WY-. The average molecular weight is 448 g/mol. The van der Waals surface area contributed by atoms with Crippen LogP contribution in [0.3, 0.4) is 0 Å². The van der Waals surface area contributed by atoms with Crippen LogP contribution in [0, 0.1) is 5.92 Å². The molecule has 0 heterocycles. The van der Waals surface area contributed by atoms with Crippen LogP contribution in [0.5, 0.6) is 0 Å². The van der Waals surface area contributed by atoms with Crippen molar-refractivity contribution in [3.63, 3.8) is 0 Å². The Kier molecular flexibility index (Phi) is 11.1. The SMILES string of the molecule is C[C-](C)Cc1ccccc1C(C)C.[W].[Y]. The number of benzene rings is 1. The normalized spacial score (nSPS) is 9.73. The van der Waals surface area contributed by atoms with Crippen LogP contribution in [-0.2, 0) is 60.2 Å². The summed E-state index contributed by atoms with van der Waals surface area (Å²) in [7, 11) is 0. The molecule has 81 valence electrons. The molecule has 0 nitrogen and oxygen atoms in total. The first kappa shape index (κ1) is 18.4. The Labute approximate surface area is 134 Å². The van der Waals surface area contributed by atoms with Crippen LogP contribution in [0.2, 0.25) is 0 Å². The van der Waals surface area contributed by atoms with Gasteiger partial charge < -0.3 is 5.92 Å². The van der Waals surface area contributed by atoms with Crippen LogP contribution >= 0.6 is 0 Å². The second-order valence-electron chi connectivity index (χ2n) is 4.24. The van der Waals surface area contributed by atoms with E-state index in [9.17, 15) is 0 Å². The molecule has 1 rings (SSSR count). The predicted molar refractivity (Wildman–Crippen MR) is 58.8 cm³/mol. The van der Waals surface area contributed by atoms with Gasteiger partial charge in [-0.15, -0.1) is 0 Å². The summed E-state index contributed by atoms with van der Waals surface area (Å²) in [6.45, 7) is 8.89. The molecule has 0 unspecified atom stereocenters. The van der Waals surface area contributed by atoms with Crippen LogP contribution < -0.4 is 0 Å². The van der Waals surface area contributed by atoms with Crippen molar-refractivity contribution in [2.45, 2.75) is 40.0 Å². The molecular weight excluding hydrogens is 429 g/mol. The Balaban J connectivity index is 0. The van der Waals surface area contributed by atoms with E-state index in [-0.39, 0.29) is 53.8 Å². The van der Waals surface area contributed by atoms with E-state index in [1.54, 1.807) is 0 Å². The quantitative estimate of drug-likeness (QED) is 0.615. The Morgan fingerprint density at radius 1 is 1.13 bits per heavy atom.